The molecule has 4 saturated carbocycles. The van der Waals surface area contributed by atoms with E-state index in [0.29, 0.717) is 24.6 Å². The molecule has 1 aromatic rings. The highest BCUT2D eigenvalue weighted by Gasteiger charge is 2.69. The number of hydrogen-bond acceptors (Lipinski definition) is 5. The third-order valence-corrected chi connectivity index (χ3v) is 8.69. The molecule has 7 rings (SSSR count). The van der Waals surface area contributed by atoms with E-state index in [0.717, 1.165) is 62.9 Å². The van der Waals surface area contributed by atoms with Crippen LogP contribution in [-0.4, -0.2) is 64.5 Å². The van der Waals surface area contributed by atoms with Crippen molar-refractivity contribution in [1.29, 1.82) is 0 Å². The van der Waals surface area contributed by atoms with Gasteiger partial charge in [0.25, 0.3) is 5.91 Å². The lowest BCUT2D eigenvalue weighted by Crippen LogP contribution is -2.68. The summed E-state index contributed by atoms with van der Waals surface area (Å²) in [5.41, 5.74) is 0.773. The molecule has 1 aromatic carbocycles. The molecule has 182 valence electrons. The van der Waals surface area contributed by atoms with E-state index in [1.54, 1.807) is 11.0 Å². The Morgan fingerprint density at radius 2 is 1.97 bits per heavy atom. The standard InChI is InChI=1S/C26H32FN3O4/c1-2-29(15-25-12-26(27,13-25)14-25)19-4-3-5-21(19)34-17-6-7-18-16(10-17)11-30(24(18)33)20-8-9-22(31)28-23(20)32/h6-7,10,19-21H,2-5,8-9,11-15H2,1H3,(H,28,31,32)/t19-,20?,21+,25?,26?/m0/s1. The van der Waals surface area contributed by atoms with Gasteiger partial charge in [0.2, 0.25) is 11.8 Å². The largest absolute Gasteiger partial charge is 0.489 e. The summed E-state index contributed by atoms with van der Waals surface area (Å²) in [6.07, 6.45) is 6.02. The number of imide groups is 1. The van der Waals surface area contributed by atoms with Crippen LogP contribution in [0, 0.1) is 5.41 Å². The highest BCUT2D eigenvalue weighted by molar-refractivity contribution is 6.05. The number of nitrogens with one attached hydrogen (secondary N) is 1. The van der Waals surface area contributed by atoms with Crippen molar-refractivity contribution in [2.45, 2.75) is 88.7 Å². The molecule has 8 heteroatoms. The molecule has 2 bridgehead atoms. The smallest absolute Gasteiger partial charge is 0.255 e. The molecule has 4 aliphatic carbocycles. The molecule has 2 heterocycles. The van der Waals surface area contributed by atoms with Crippen LogP contribution in [0.5, 0.6) is 5.75 Å². The van der Waals surface area contributed by atoms with Gasteiger partial charge >= 0.3 is 0 Å². The Bertz CT molecular complexity index is 1040. The van der Waals surface area contributed by atoms with E-state index >= 15 is 0 Å². The van der Waals surface area contributed by atoms with Crippen LogP contribution in [0.1, 0.15) is 74.2 Å². The van der Waals surface area contributed by atoms with Gasteiger partial charge in [-0.3, -0.25) is 24.6 Å². The average Bonchev–Trinajstić information content (AvgIpc) is 3.34. The van der Waals surface area contributed by atoms with Crippen LogP contribution in [0.15, 0.2) is 18.2 Å². The number of amides is 3. The van der Waals surface area contributed by atoms with Crippen molar-refractivity contribution in [3.63, 3.8) is 0 Å². The molecular weight excluding hydrogens is 437 g/mol. The highest BCUT2D eigenvalue weighted by Crippen LogP contribution is 2.69. The van der Waals surface area contributed by atoms with Crippen LogP contribution >= 0.6 is 0 Å². The third-order valence-electron chi connectivity index (χ3n) is 8.69. The zero-order chi connectivity index (χ0) is 23.7. The topological polar surface area (TPSA) is 79.0 Å². The molecule has 6 aliphatic rings. The normalized spacial score (nSPS) is 36.3. The molecule has 3 amide bonds. The number of benzene rings is 1. The maximum atomic E-state index is 14.0. The number of halogens is 1. The van der Waals surface area contributed by atoms with Crippen molar-refractivity contribution < 1.29 is 23.5 Å². The van der Waals surface area contributed by atoms with Crippen LogP contribution in [0.4, 0.5) is 4.39 Å². The Hall–Kier alpha value is -2.48. The number of alkyl halides is 1. The summed E-state index contributed by atoms with van der Waals surface area (Å²) in [5.74, 6) is -0.106. The van der Waals surface area contributed by atoms with Gasteiger partial charge in [0.05, 0.1) is 0 Å². The summed E-state index contributed by atoms with van der Waals surface area (Å²) in [7, 11) is 0. The van der Waals surface area contributed by atoms with Gasteiger partial charge < -0.3 is 9.64 Å². The molecule has 34 heavy (non-hydrogen) atoms. The second kappa shape index (κ2) is 7.77. The molecule has 0 aromatic heterocycles. The van der Waals surface area contributed by atoms with Gasteiger partial charge in [-0.1, -0.05) is 6.92 Å². The quantitative estimate of drug-likeness (QED) is 0.622. The third kappa shape index (κ3) is 3.53. The fraction of sp³-hybridized carbons (Fsp3) is 0.654. The van der Waals surface area contributed by atoms with Gasteiger partial charge in [-0.15, -0.1) is 0 Å². The monoisotopic (exact) mass is 469 g/mol. The summed E-state index contributed by atoms with van der Waals surface area (Å²) in [4.78, 5) is 40.8. The molecular formula is C26H32FN3O4. The summed E-state index contributed by atoms with van der Waals surface area (Å²) in [5, 5.41) is 2.34. The number of ether oxygens (including phenoxy) is 1. The highest BCUT2D eigenvalue weighted by atomic mass is 19.1. The molecule has 3 atom stereocenters. The van der Waals surface area contributed by atoms with Crippen molar-refractivity contribution in [1.82, 2.24) is 15.1 Å². The molecule has 2 aliphatic heterocycles. The van der Waals surface area contributed by atoms with Gasteiger partial charge in [0.15, 0.2) is 0 Å². The first kappa shape index (κ1) is 22.0. The first-order valence-electron chi connectivity index (χ1n) is 12.7. The minimum atomic E-state index is -0.867. The predicted molar refractivity (Wildman–Crippen MR) is 122 cm³/mol. The minimum absolute atomic E-state index is 0.0769. The predicted octanol–water partition coefficient (Wildman–Crippen LogP) is 2.96. The SMILES string of the molecule is CCN(CC12CC(F)(C1)C2)[C@H]1CCC[C@H]1Oc1ccc2c(c1)CN(C1CCC(=O)NC1=O)C2=O. The van der Waals surface area contributed by atoms with Crippen LogP contribution in [-0.2, 0) is 16.1 Å². The molecule has 0 radical (unpaired) electrons. The molecule has 1 unspecified atom stereocenters. The first-order chi connectivity index (χ1) is 16.3. The van der Waals surface area contributed by atoms with Gasteiger partial charge in [0.1, 0.15) is 23.6 Å². The Morgan fingerprint density at radius 3 is 2.68 bits per heavy atom. The van der Waals surface area contributed by atoms with Crippen molar-refractivity contribution in [3.05, 3.63) is 29.3 Å². The van der Waals surface area contributed by atoms with E-state index in [2.05, 4.69) is 17.1 Å². The number of carbonyl (C=O) groups excluding carboxylic acids is 3. The summed E-state index contributed by atoms with van der Waals surface area (Å²) >= 11 is 0. The van der Waals surface area contributed by atoms with Gasteiger partial charge in [0, 0.05) is 31.1 Å². The summed E-state index contributed by atoms with van der Waals surface area (Å²) < 4.78 is 20.5. The van der Waals surface area contributed by atoms with Gasteiger partial charge in [-0.25, -0.2) is 4.39 Å². The second-order valence-corrected chi connectivity index (χ2v) is 11.1. The van der Waals surface area contributed by atoms with E-state index in [1.165, 1.54) is 0 Å². The summed E-state index contributed by atoms with van der Waals surface area (Å²) in [6.45, 7) is 4.42. The van der Waals surface area contributed by atoms with Crippen LogP contribution in [0.3, 0.4) is 0 Å². The molecule has 0 spiro atoms. The minimum Gasteiger partial charge on any atom is -0.489 e. The van der Waals surface area contributed by atoms with E-state index in [1.807, 2.05) is 12.1 Å². The maximum absolute atomic E-state index is 14.0. The zero-order valence-electron chi connectivity index (χ0n) is 19.6. The number of carbonyl (C=O) groups is 3. The summed E-state index contributed by atoms with van der Waals surface area (Å²) in [6, 6.07) is 5.29. The molecule has 1 saturated heterocycles. The van der Waals surface area contributed by atoms with Gasteiger partial charge in [-0.2, -0.15) is 0 Å². The van der Waals surface area contributed by atoms with E-state index in [-0.39, 0.29) is 29.8 Å². The Balaban J connectivity index is 1.13. The lowest BCUT2D eigenvalue weighted by molar-refractivity contribution is -0.224. The molecule has 1 N–H and O–H groups in total. The Kier molecular flexibility index (Phi) is 5.03. The second-order valence-electron chi connectivity index (χ2n) is 11.1. The first-order valence-corrected chi connectivity index (χ1v) is 12.7. The van der Waals surface area contributed by atoms with Crippen LogP contribution in [0.25, 0.3) is 0 Å². The number of fused-ring (bicyclic) bond motifs is 1. The fourth-order valence-electron chi connectivity index (χ4n) is 7.18. The van der Waals surface area contributed by atoms with Gasteiger partial charge in [-0.05, 0) is 80.7 Å². The van der Waals surface area contributed by atoms with Crippen molar-refractivity contribution in [2.75, 3.05) is 13.1 Å². The Morgan fingerprint density at radius 1 is 1.18 bits per heavy atom. The lowest BCUT2D eigenvalue weighted by Gasteiger charge is -2.67. The number of hydrogen-bond donors (Lipinski definition) is 1. The van der Waals surface area contributed by atoms with Crippen LogP contribution < -0.4 is 10.1 Å². The van der Waals surface area contributed by atoms with E-state index < -0.39 is 17.6 Å². The molecule has 7 nitrogen and oxygen atoms in total. The average molecular weight is 470 g/mol. The fourth-order valence-corrected chi connectivity index (χ4v) is 7.18. The van der Waals surface area contributed by atoms with Crippen molar-refractivity contribution in [3.8, 4) is 5.75 Å². The van der Waals surface area contributed by atoms with Crippen molar-refractivity contribution in [2.24, 2.45) is 5.41 Å². The number of piperidine rings is 1. The zero-order valence-corrected chi connectivity index (χ0v) is 19.6. The number of likely N-dealkylation sites (N-methyl/N-ethyl adjacent to an activating group) is 1. The lowest BCUT2D eigenvalue weighted by atomic mass is 9.42. The van der Waals surface area contributed by atoms with E-state index in [4.69, 9.17) is 4.74 Å². The molecule has 5 fully saturated rings. The van der Waals surface area contributed by atoms with Crippen LogP contribution in [0.2, 0.25) is 0 Å². The van der Waals surface area contributed by atoms with Crippen molar-refractivity contribution >= 4 is 17.7 Å². The maximum Gasteiger partial charge on any atom is 0.255 e. The van der Waals surface area contributed by atoms with E-state index in [9.17, 15) is 18.8 Å². The Labute approximate surface area is 199 Å². The number of nitrogens with zero attached hydrogens (tertiary/aromatic N) is 2. The number of rotatable bonds is 7.